The number of nitrogens with two attached hydrogens (primary N) is 2. The van der Waals surface area contributed by atoms with Crippen molar-refractivity contribution in [3.05, 3.63) is 83.6 Å². The third kappa shape index (κ3) is 7.53. The van der Waals surface area contributed by atoms with Crippen LogP contribution in [0.1, 0.15) is 11.1 Å². The Morgan fingerprint density at radius 3 is 2.42 bits per heavy atom. The number of urea groups is 1. The quantitative estimate of drug-likeness (QED) is 0.0499. The van der Waals surface area contributed by atoms with Crippen molar-refractivity contribution in [2.45, 2.75) is 6.54 Å². The lowest BCUT2D eigenvalue weighted by Gasteiger charge is -2.12. The molecule has 2 aromatic rings. The molecule has 1 unspecified atom stereocenters. The van der Waals surface area contributed by atoms with E-state index < -0.39 is 17.8 Å². The van der Waals surface area contributed by atoms with Gasteiger partial charge >= 0.3 is 6.03 Å². The first-order valence-corrected chi connectivity index (χ1v) is 9.84. The van der Waals surface area contributed by atoms with Crippen molar-refractivity contribution in [3.8, 4) is 11.1 Å². The number of hydrazone groups is 1. The Kier molecular flexibility index (Phi) is 9.20. The van der Waals surface area contributed by atoms with E-state index in [0.717, 1.165) is 28.3 Å². The van der Waals surface area contributed by atoms with Crippen molar-refractivity contribution in [2.24, 2.45) is 16.8 Å². The first kappa shape index (κ1) is 24.1. The van der Waals surface area contributed by atoms with Gasteiger partial charge < -0.3 is 16.6 Å². The Bertz CT molecular complexity index is 1040. The molecule has 0 saturated heterocycles. The fourth-order valence-electron chi connectivity index (χ4n) is 2.60. The maximum absolute atomic E-state index is 13.6. The van der Waals surface area contributed by atoms with Gasteiger partial charge in [-0.2, -0.15) is 9.49 Å². The van der Waals surface area contributed by atoms with Crippen LogP contribution in [0.3, 0.4) is 0 Å². The van der Waals surface area contributed by atoms with Gasteiger partial charge in [0.05, 0.1) is 0 Å². The molecule has 1 atom stereocenters. The summed E-state index contributed by atoms with van der Waals surface area (Å²) in [7, 11) is 2.09. The lowest BCUT2D eigenvalue weighted by Crippen LogP contribution is -2.33. The fourth-order valence-corrected chi connectivity index (χ4v) is 2.87. The molecule has 0 aromatic heterocycles. The first-order valence-electron chi connectivity index (χ1n) is 8.86. The molecule has 7 N–H and O–H groups in total. The van der Waals surface area contributed by atoms with Crippen LogP contribution < -0.4 is 27.7 Å². The summed E-state index contributed by atoms with van der Waals surface area (Å²) < 4.78 is 27.1. The molecular weight excluding hydrogens is 441 g/mol. The number of hydrogen-bond donors (Lipinski definition) is 5. The van der Waals surface area contributed by atoms with Gasteiger partial charge in [0.2, 0.25) is 0 Å². The van der Waals surface area contributed by atoms with Crippen molar-refractivity contribution in [3.63, 3.8) is 0 Å². The van der Waals surface area contributed by atoms with Crippen LogP contribution in [0.5, 0.6) is 0 Å². The summed E-state index contributed by atoms with van der Waals surface area (Å²) in [6, 6.07) is 13.9. The van der Waals surface area contributed by atoms with E-state index in [1.165, 1.54) is 0 Å². The molecule has 0 saturated carbocycles. The largest absolute Gasteiger partial charge is 0.334 e. The van der Waals surface area contributed by atoms with Gasteiger partial charge in [0.25, 0.3) is 0 Å². The van der Waals surface area contributed by atoms with E-state index in [1.807, 2.05) is 41.7 Å². The number of thiocarbonyl (C=S) groups is 1. The Labute approximate surface area is 185 Å². The zero-order valence-electron chi connectivity index (χ0n) is 16.2. The standard InChI is InChI=1S/C20H21F2N6OPS/c21-14(10-18(30)31)9-17(22)26-20(29)25-11-12-5-7-13(8-6-12)15-3-1-2-4-16(15)19(27-23)28-24/h1-10H,11,23-24,30H2,(H,27,28)(H2,25,26,29)/b14-10+,17-9-. The van der Waals surface area contributed by atoms with Crippen LogP contribution in [-0.2, 0) is 6.54 Å². The number of allylic oxidation sites excluding steroid dienone is 3. The van der Waals surface area contributed by atoms with Gasteiger partial charge in [-0.1, -0.05) is 70.0 Å². The summed E-state index contributed by atoms with van der Waals surface area (Å²) in [5.74, 6) is 9.11. The van der Waals surface area contributed by atoms with Crippen LogP contribution in [0.4, 0.5) is 13.6 Å². The van der Waals surface area contributed by atoms with Gasteiger partial charge in [-0.3, -0.25) is 5.32 Å². The minimum Gasteiger partial charge on any atom is -0.334 e. The predicted molar refractivity (Wildman–Crippen MR) is 126 cm³/mol. The van der Waals surface area contributed by atoms with Crippen molar-refractivity contribution in [2.75, 3.05) is 0 Å². The minimum absolute atomic E-state index is 0.134. The van der Waals surface area contributed by atoms with Gasteiger partial charge in [0.15, 0.2) is 11.8 Å². The summed E-state index contributed by atoms with van der Waals surface area (Å²) in [6.45, 7) is 0.134. The second-order valence-electron chi connectivity index (χ2n) is 6.10. The minimum atomic E-state index is -1.15. The lowest BCUT2D eigenvalue weighted by molar-refractivity contribution is 0.240. The molecule has 0 aliphatic heterocycles. The number of amidine groups is 1. The van der Waals surface area contributed by atoms with E-state index in [4.69, 9.17) is 11.7 Å². The van der Waals surface area contributed by atoms with E-state index in [0.29, 0.717) is 11.9 Å². The highest BCUT2D eigenvalue weighted by atomic mass is 32.1. The molecule has 0 aliphatic carbocycles. The number of hydrogen-bond acceptors (Lipinski definition) is 5. The molecule has 0 spiro atoms. The summed E-state index contributed by atoms with van der Waals surface area (Å²) in [4.78, 5) is 11.8. The molecule has 2 amide bonds. The maximum atomic E-state index is 13.6. The lowest BCUT2D eigenvalue weighted by atomic mass is 9.98. The van der Waals surface area contributed by atoms with Gasteiger partial charge in [-0.15, -0.1) is 0 Å². The van der Waals surface area contributed by atoms with Crippen LogP contribution >= 0.6 is 21.5 Å². The molecule has 7 nitrogen and oxygen atoms in total. The first-order chi connectivity index (χ1) is 14.8. The monoisotopic (exact) mass is 462 g/mol. The zero-order valence-corrected chi connectivity index (χ0v) is 18.2. The number of carbonyl (C=O) groups excluding carboxylic acids is 1. The molecule has 2 aromatic carbocycles. The summed E-state index contributed by atoms with van der Waals surface area (Å²) in [5, 5.41) is 8.02. The molecule has 31 heavy (non-hydrogen) atoms. The maximum Gasteiger partial charge on any atom is 0.321 e. The molecular formula is C20H21F2N6OPS. The van der Waals surface area contributed by atoms with Crippen LogP contribution in [0.15, 0.2) is 77.6 Å². The number of amides is 2. The second-order valence-corrected chi connectivity index (χ2v) is 7.61. The molecule has 11 heteroatoms. The van der Waals surface area contributed by atoms with E-state index in [-0.39, 0.29) is 11.2 Å². The van der Waals surface area contributed by atoms with E-state index in [9.17, 15) is 13.6 Å². The van der Waals surface area contributed by atoms with Crippen LogP contribution in [-0.4, -0.2) is 16.5 Å². The SMILES string of the molecule is N/N=C(\NN)c1ccccc1-c1ccc(CNC(=O)N/C(F)=C\C(F)=C/C(P)=S)cc1. The predicted octanol–water partition coefficient (Wildman–Crippen LogP) is 3.10. The average molecular weight is 462 g/mol. The van der Waals surface area contributed by atoms with Crippen LogP contribution in [0.25, 0.3) is 11.1 Å². The van der Waals surface area contributed by atoms with Crippen LogP contribution in [0, 0.1) is 0 Å². The van der Waals surface area contributed by atoms with E-state index in [2.05, 4.69) is 37.3 Å². The Morgan fingerprint density at radius 2 is 1.81 bits per heavy atom. The van der Waals surface area contributed by atoms with E-state index in [1.54, 1.807) is 12.1 Å². The molecule has 0 fully saturated rings. The number of halogens is 2. The van der Waals surface area contributed by atoms with Gasteiger partial charge in [0, 0.05) is 22.8 Å². The molecule has 162 valence electrons. The highest BCUT2D eigenvalue weighted by Crippen LogP contribution is 2.24. The molecule has 0 heterocycles. The number of carbonyl (C=O) groups is 1. The Morgan fingerprint density at radius 1 is 1.13 bits per heavy atom. The molecule has 0 aliphatic rings. The molecule has 0 radical (unpaired) electrons. The number of nitrogens with zero attached hydrogens (tertiary/aromatic N) is 1. The van der Waals surface area contributed by atoms with Gasteiger partial charge in [-0.05, 0) is 22.8 Å². The second kappa shape index (κ2) is 11.8. The number of hydrazine groups is 1. The van der Waals surface area contributed by atoms with E-state index >= 15 is 0 Å². The average Bonchev–Trinajstić information content (AvgIpc) is 2.73. The Balaban J connectivity index is 2.02. The normalized spacial score (nSPS) is 12.3. The van der Waals surface area contributed by atoms with Crippen molar-refractivity contribution >= 4 is 37.9 Å². The van der Waals surface area contributed by atoms with Crippen molar-refractivity contribution < 1.29 is 13.6 Å². The summed E-state index contributed by atoms with van der Waals surface area (Å²) in [6.07, 6.45) is 1.46. The Hall–Kier alpha value is -3.20. The topological polar surface area (TPSA) is 118 Å². The summed E-state index contributed by atoms with van der Waals surface area (Å²) >= 11 is 4.66. The number of nitrogens with one attached hydrogen (secondary N) is 3. The van der Waals surface area contributed by atoms with Crippen molar-refractivity contribution in [1.82, 2.24) is 16.1 Å². The number of benzene rings is 2. The van der Waals surface area contributed by atoms with Gasteiger partial charge in [0.1, 0.15) is 5.83 Å². The highest BCUT2D eigenvalue weighted by Gasteiger charge is 2.10. The van der Waals surface area contributed by atoms with Crippen molar-refractivity contribution in [1.29, 1.82) is 0 Å². The third-order valence-electron chi connectivity index (χ3n) is 3.94. The zero-order chi connectivity index (χ0) is 22.8. The van der Waals surface area contributed by atoms with Gasteiger partial charge in [-0.25, -0.2) is 15.0 Å². The number of rotatable bonds is 7. The van der Waals surface area contributed by atoms with Crippen LogP contribution in [0.2, 0.25) is 0 Å². The smallest absolute Gasteiger partial charge is 0.321 e. The third-order valence-corrected chi connectivity index (χ3v) is 4.23. The molecule has 0 bridgehead atoms. The fraction of sp³-hybridized carbons (Fsp3) is 0.0500. The summed E-state index contributed by atoms with van der Waals surface area (Å²) in [5.41, 5.74) is 5.69. The highest BCUT2D eigenvalue weighted by molar-refractivity contribution is 7.90. The molecule has 2 rings (SSSR count).